The Morgan fingerprint density at radius 3 is 2.68 bits per heavy atom. The maximum atomic E-state index is 12.4. The van der Waals surface area contributed by atoms with Crippen molar-refractivity contribution in [1.29, 1.82) is 0 Å². The second kappa shape index (κ2) is 7.95. The number of carbonyl (C=O) groups excluding carboxylic acids is 1. The number of hydrogen-bond acceptors (Lipinski definition) is 5. The minimum atomic E-state index is -0.385. The van der Waals surface area contributed by atoms with Gasteiger partial charge in [0, 0.05) is 17.4 Å². The van der Waals surface area contributed by atoms with Crippen molar-refractivity contribution < 1.29 is 4.79 Å². The fourth-order valence-electron chi connectivity index (χ4n) is 2.50. The summed E-state index contributed by atoms with van der Waals surface area (Å²) in [5.74, 6) is -0.172. The van der Waals surface area contributed by atoms with Gasteiger partial charge in [0.2, 0.25) is 5.95 Å². The molecule has 0 saturated heterocycles. The van der Waals surface area contributed by atoms with Crippen LogP contribution in [0.2, 0.25) is 5.02 Å². The molecule has 4 rings (SSSR count). The van der Waals surface area contributed by atoms with Crippen LogP contribution in [-0.2, 0) is 13.2 Å². The first kappa shape index (κ1) is 18.4. The summed E-state index contributed by atoms with van der Waals surface area (Å²) in [6.45, 7) is 0.918. The van der Waals surface area contributed by atoms with Gasteiger partial charge in [0.05, 0.1) is 17.2 Å². The lowest BCUT2D eigenvalue weighted by Gasteiger charge is -2.02. The summed E-state index contributed by atoms with van der Waals surface area (Å²) in [5, 5.41) is 16.0. The Morgan fingerprint density at radius 1 is 1.11 bits per heavy atom. The average molecular weight is 462 g/mol. The third-order valence-electron chi connectivity index (χ3n) is 3.78. The number of aromatic nitrogens is 7. The molecule has 0 spiro atoms. The maximum Gasteiger partial charge on any atom is 0.278 e. The van der Waals surface area contributed by atoms with Gasteiger partial charge < -0.3 is 0 Å². The van der Waals surface area contributed by atoms with E-state index in [-0.39, 0.29) is 17.5 Å². The van der Waals surface area contributed by atoms with E-state index in [1.807, 2.05) is 30.5 Å². The first-order valence-electron chi connectivity index (χ1n) is 8.22. The summed E-state index contributed by atoms with van der Waals surface area (Å²) in [6.07, 6.45) is 6.76. The van der Waals surface area contributed by atoms with Gasteiger partial charge in [-0.05, 0) is 39.7 Å². The molecular formula is C17H14BrClN8O. The van der Waals surface area contributed by atoms with Crippen LogP contribution in [0, 0.1) is 0 Å². The van der Waals surface area contributed by atoms with Gasteiger partial charge in [0.1, 0.15) is 13.0 Å². The minimum absolute atomic E-state index is 0.213. The number of nitrogens with one attached hydrogen (secondary N) is 1. The van der Waals surface area contributed by atoms with Gasteiger partial charge in [-0.25, -0.2) is 14.3 Å². The van der Waals surface area contributed by atoms with Crippen LogP contribution in [0.3, 0.4) is 0 Å². The number of carbonyl (C=O) groups is 1. The molecule has 142 valence electrons. The molecule has 1 amide bonds. The molecule has 0 saturated carbocycles. The molecule has 1 aromatic carbocycles. The van der Waals surface area contributed by atoms with Gasteiger partial charge in [-0.3, -0.25) is 14.8 Å². The molecule has 0 atom stereocenters. The Morgan fingerprint density at radius 2 is 1.93 bits per heavy atom. The van der Waals surface area contributed by atoms with Crippen molar-refractivity contribution in [2.75, 3.05) is 5.32 Å². The van der Waals surface area contributed by atoms with E-state index >= 15 is 0 Å². The van der Waals surface area contributed by atoms with Crippen LogP contribution in [0.25, 0.3) is 0 Å². The molecule has 0 bridgehead atoms. The molecule has 3 aromatic heterocycles. The molecule has 3 heterocycles. The Labute approximate surface area is 173 Å². The Balaban J connectivity index is 1.37. The highest BCUT2D eigenvalue weighted by Gasteiger charge is 2.13. The molecule has 0 unspecified atom stereocenters. The molecule has 11 heteroatoms. The normalized spacial score (nSPS) is 10.9. The van der Waals surface area contributed by atoms with Crippen molar-refractivity contribution in [3.63, 3.8) is 0 Å². The average Bonchev–Trinajstić information content (AvgIpc) is 3.40. The van der Waals surface area contributed by atoms with E-state index in [0.717, 1.165) is 10.0 Å². The van der Waals surface area contributed by atoms with Crippen molar-refractivity contribution in [3.8, 4) is 0 Å². The summed E-state index contributed by atoms with van der Waals surface area (Å²) in [5.41, 5.74) is 1.29. The highest BCUT2D eigenvalue weighted by molar-refractivity contribution is 9.10. The fraction of sp³-hybridized carbons (Fsp3) is 0.118. The van der Waals surface area contributed by atoms with Crippen molar-refractivity contribution >= 4 is 39.4 Å². The molecule has 0 fully saturated rings. The number of anilines is 1. The van der Waals surface area contributed by atoms with Gasteiger partial charge >= 0.3 is 0 Å². The predicted molar refractivity (Wildman–Crippen MR) is 106 cm³/mol. The van der Waals surface area contributed by atoms with E-state index in [2.05, 4.69) is 41.5 Å². The fourth-order valence-corrected chi connectivity index (χ4v) is 2.95. The number of halogens is 2. The minimum Gasteiger partial charge on any atom is -0.288 e. The van der Waals surface area contributed by atoms with Crippen LogP contribution in [0.4, 0.5) is 5.95 Å². The number of nitrogens with zero attached hydrogens (tertiary/aromatic N) is 7. The van der Waals surface area contributed by atoms with Gasteiger partial charge in [-0.1, -0.05) is 23.7 Å². The molecule has 1 N–H and O–H groups in total. The third-order valence-corrected chi connectivity index (χ3v) is 4.45. The Kier molecular flexibility index (Phi) is 5.22. The predicted octanol–water partition coefficient (Wildman–Crippen LogP) is 2.89. The quantitative estimate of drug-likeness (QED) is 0.476. The van der Waals surface area contributed by atoms with E-state index < -0.39 is 0 Å². The summed E-state index contributed by atoms with van der Waals surface area (Å²) < 4.78 is 5.81. The topological polar surface area (TPSA) is 95.5 Å². The van der Waals surface area contributed by atoms with Crippen LogP contribution in [0.5, 0.6) is 0 Å². The zero-order valence-electron chi connectivity index (χ0n) is 14.4. The van der Waals surface area contributed by atoms with E-state index in [9.17, 15) is 4.79 Å². The molecule has 0 aliphatic rings. The molecule has 4 aromatic rings. The maximum absolute atomic E-state index is 12.4. The Bertz CT molecular complexity index is 1100. The second-order valence-electron chi connectivity index (χ2n) is 5.93. The zero-order chi connectivity index (χ0) is 19.5. The number of hydrogen-bond donors (Lipinski definition) is 1. The van der Waals surface area contributed by atoms with Gasteiger partial charge in [-0.15, -0.1) is 5.10 Å². The molecule has 0 radical (unpaired) electrons. The molecule has 0 aliphatic heterocycles. The highest BCUT2D eigenvalue weighted by Crippen LogP contribution is 2.11. The SMILES string of the molecule is O=C(Nc1ncn(Cc2ccc(Cl)cc2)n1)c1ccn(Cn2cc(Br)cn2)n1. The number of amides is 1. The highest BCUT2D eigenvalue weighted by atomic mass is 79.9. The van der Waals surface area contributed by atoms with E-state index in [1.165, 1.54) is 0 Å². The summed E-state index contributed by atoms with van der Waals surface area (Å²) in [7, 11) is 0. The number of benzene rings is 1. The van der Waals surface area contributed by atoms with E-state index in [0.29, 0.717) is 18.2 Å². The summed E-state index contributed by atoms with van der Waals surface area (Å²) in [4.78, 5) is 16.5. The molecule has 28 heavy (non-hydrogen) atoms. The van der Waals surface area contributed by atoms with Crippen LogP contribution in [0.15, 0.2) is 59.7 Å². The first-order valence-corrected chi connectivity index (χ1v) is 9.39. The zero-order valence-corrected chi connectivity index (χ0v) is 16.7. The summed E-state index contributed by atoms with van der Waals surface area (Å²) >= 11 is 9.22. The van der Waals surface area contributed by atoms with Crippen LogP contribution < -0.4 is 5.32 Å². The standard InChI is InChI=1S/C17H14BrClN8O/c18-13-7-21-27(9-13)11-25-6-5-15(23-25)16(28)22-17-20-10-26(24-17)8-12-1-3-14(19)4-2-12/h1-7,9-10H,8,11H2,(H,22,24,28). The van der Waals surface area contributed by atoms with Crippen LogP contribution in [-0.4, -0.2) is 40.2 Å². The lowest BCUT2D eigenvalue weighted by atomic mass is 10.2. The van der Waals surface area contributed by atoms with Crippen molar-refractivity contribution in [2.45, 2.75) is 13.2 Å². The largest absolute Gasteiger partial charge is 0.288 e. The first-order chi connectivity index (χ1) is 13.5. The monoisotopic (exact) mass is 460 g/mol. The van der Waals surface area contributed by atoms with Crippen LogP contribution >= 0.6 is 27.5 Å². The lowest BCUT2D eigenvalue weighted by Crippen LogP contribution is -2.16. The van der Waals surface area contributed by atoms with Crippen molar-refractivity contribution in [2.24, 2.45) is 0 Å². The van der Waals surface area contributed by atoms with Gasteiger partial charge in [0.15, 0.2) is 5.69 Å². The van der Waals surface area contributed by atoms with E-state index in [4.69, 9.17) is 11.6 Å². The summed E-state index contributed by atoms with van der Waals surface area (Å²) in [6, 6.07) is 9.07. The van der Waals surface area contributed by atoms with Crippen LogP contribution in [0.1, 0.15) is 16.1 Å². The molecular weight excluding hydrogens is 448 g/mol. The van der Waals surface area contributed by atoms with Crippen molar-refractivity contribution in [3.05, 3.63) is 76.0 Å². The second-order valence-corrected chi connectivity index (χ2v) is 7.28. The van der Waals surface area contributed by atoms with Gasteiger partial charge in [0.25, 0.3) is 5.91 Å². The van der Waals surface area contributed by atoms with Crippen molar-refractivity contribution in [1.82, 2.24) is 34.3 Å². The third kappa shape index (κ3) is 4.46. The molecule has 9 nitrogen and oxygen atoms in total. The Hall–Kier alpha value is -2.98. The number of rotatable bonds is 6. The smallest absolute Gasteiger partial charge is 0.278 e. The lowest BCUT2D eigenvalue weighted by molar-refractivity contribution is 0.102. The molecule has 0 aliphatic carbocycles. The van der Waals surface area contributed by atoms with E-state index in [1.54, 1.807) is 38.8 Å². The van der Waals surface area contributed by atoms with Gasteiger partial charge in [-0.2, -0.15) is 10.2 Å².